The summed E-state index contributed by atoms with van der Waals surface area (Å²) in [5.41, 5.74) is 1.49. The topological polar surface area (TPSA) is 74.4 Å². The minimum Gasteiger partial charge on any atom is -0.464 e. The largest absolute Gasteiger partial charge is 0.464 e. The number of hydrogen-bond acceptors (Lipinski definition) is 4. The normalized spacial score (nSPS) is 17.2. The zero-order valence-corrected chi connectivity index (χ0v) is 16.9. The summed E-state index contributed by atoms with van der Waals surface area (Å²) in [5, 5.41) is 3.72. The van der Waals surface area contributed by atoms with Crippen LogP contribution in [0.25, 0.3) is 10.9 Å². The second-order valence-electron chi connectivity index (χ2n) is 6.94. The number of carbonyl (C=O) groups excluding carboxylic acids is 2. The molecule has 2 aromatic rings. The molecule has 1 amide bonds. The molecule has 1 aliphatic heterocycles. The third-order valence-corrected chi connectivity index (χ3v) is 5.64. The van der Waals surface area contributed by atoms with Crippen molar-refractivity contribution < 1.29 is 14.3 Å². The van der Waals surface area contributed by atoms with Gasteiger partial charge in [0.05, 0.1) is 18.8 Å². The monoisotopic (exact) mass is 421 g/mol. The Morgan fingerprint density at radius 3 is 2.69 bits per heavy atom. The molecule has 7 heteroatoms. The maximum Gasteiger partial charge on any atom is 0.356 e. The van der Waals surface area contributed by atoms with Crippen LogP contribution in [0.15, 0.2) is 22.7 Å². The fourth-order valence-corrected chi connectivity index (χ4v) is 3.72. The molecule has 0 bridgehead atoms. The third-order valence-electron chi connectivity index (χ3n) is 5.14. The van der Waals surface area contributed by atoms with Crippen molar-refractivity contribution in [3.63, 3.8) is 0 Å². The Kier molecular flexibility index (Phi) is 5.67. The molecular formula is C19H24BrN3O3. The third kappa shape index (κ3) is 3.78. The second-order valence-corrected chi connectivity index (χ2v) is 7.86. The maximum atomic E-state index is 12.9. The Hall–Kier alpha value is -1.86. The molecule has 0 aliphatic carbocycles. The number of amides is 1. The molecule has 0 radical (unpaired) electrons. The highest BCUT2D eigenvalue weighted by Gasteiger charge is 2.27. The molecule has 2 N–H and O–H groups in total. The summed E-state index contributed by atoms with van der Waals surface area (Å²) < 4.78 is 5.73. The number of piperidine rings is 1. The number of H-pyrrole nitrogens is 1. The van der Waals surface area contributed by atoms with Crippen LogP contribution < -0.4 is 5.32 Å². The number of halogens is 1. The van der Waals surface area contributed by atoms with Crippen molar-refractivity contribution in [1.82, 2.24) is 9.88 Å². The maximum absolute atomic E-state index is 12.9. The van der Waals surface area contributed by atoms with Crippen LogP contribution in [0.4, 0.5) is 5.69 Å². The quantitative estimate of drug-likeness (QED) is 0.736. The number of aromatic amines is 1. The van der Waals surface area contributed by atoms with Gasteiger partial charge >= 0.3 is 5.97 Å². The molecule has 1 aliphatic rings. The first-order valence-electron chi connectivity index (χ1n) is 8.85. The van der Waals surface area contributed by atoms with E-state index < -0.39 is 5.97 Å². The molecule has 1 aromatic carbocycles. The number of anilines is 1. The van der Waals surface area contributed by atoms with Crippen LogP contribution >= 0.6 is 15.9 Å². The lowest BCUT2D eigenvalue weighted by molar-refractivity contribution is -0.121. The predicted octanol–water partition coefficient (Wildman–Crippen LogP) is 3.78. The standard InChI is InChI=1S/C19H24BrN3O3/c1-11-6-8-23(9-7-11)12(2)18(24)22-16-14-10-13(20)4-5-15(14)21-17(16)19(25)26-3/h4-5,10-12,21H,6-9H2,1-3H3,(H,22,24)/t12-/m1/s1. The van der Waals surface area contributed by atoms with Crippen molar-refractivity contribution in [2.24, 2.45) is 5.92 Å². The predicted molar refractivity (Wildman–Crippen MR) is 105 cm³/mol. The Labute approximate surface area is 161 Å². The fourth-order valence-electron chi connectivity index (χ4n) is 3.36. The zero-order valence-electron chi connectivity index (χ0n) is 15.3. The number of hydrogen-bond donors (Lipinski definition) is 2. The van der Waals surface area contributed by atoms with Crippen molar-refractivity contribution in [3.8, 4) is 0 Å². The number of rotatable bonds is 4. The van der Waals surface area contributed by atoms with E-state index in [1.165, 1.54) is 7.11 Å². The lowest BCUT2D eigenvalue weighted by Crippen LogP contribution is -2.45. The highest BCUT2D eigenvalue weighted by molar-refractivity contribution is 9.10. The molecule has 26 heavy (non-hydrogen) atoms. The van der Waals surface area contributed by atoms with E-state index in [1.54, 1.807) is 0 Å². The van der Waals surface area contributed by atoms with E-state index in [9.17, 15) is 9.59 Å². The number of benzene rings is 1. The lowest BCUT2D eigenvalue weighted by atomic mass is 9.98. The average molecular weight is 422 g/mol. The van der Waals surface area contributed by atoms with E-state index in [2.05, 4.69) is 38.1 Å². The van der Waals surface area contributed by atoms with Crippen LogP contribution in [-0.4, -0.2) is 48.0 Å². The molecule has 1 aromatic heterocycles. The van der Waals surface area contributed by atoms with Gasteiger partial charge in [0.15, 0.2) is 0 Å². The van der Waals surface area contributed by atoms with E-state index in [-0.39, 0.29) is 17.6 Å². The minimum absolute atomic E-state index is 0.120. The van der Waals surface area contributed by atoms with Crippen molar-refractivity contribution >= 4 is 44.4 Å². The fraction of sp³-hybridized carbons (Fsp3) is 0.474. The van der Waals surface area contributed by atoms with E-state index >= 15 is 0 Å². The van der Waals surface area contributed by atoms with Gasteiger partial charge < -0.3 is 15.0 Å². The van der Waals surface area contributed by atoms with Crippen LogP contribution in [-0.2, 0) is 9.53 Å². The molecule has 3 rings (SSSR count). The number of carbonyl (C=O) groups is 2. The van der Waals surface area contributed by atoms with Gasteiger partial charge in [-0.15, -0.1) is 0 Å². The van der Waals surface area contributed by atoms with Crippen molar-refractivity contribution in [2.45, 2.75) is 32.7 Å². The SMILES string of the molecule is COC(=O)c1[nH]c2ccc(Br)cc2c1NC(=O)[C@@H](C)N1CCC(C)CC1. The van der Waals surface area contributed by atoms with Crippen molar-refractivity contribution in [3.05, 3.63) is 28.4 Å². The number of esters is 1. The van der Waals surface area contributed by atoms with Gasteiger partial charge in [-0.25, -0.2) is 4.79 Å². The summed E-state index contributed by atoms with van der Waals surface area (Å²) >= 11 is 3.44. The van der Waals surface area contributed by atoms with Crippen LogP contribution in [0.5, 0.6) is 0 Å². The highest BCUT2D eigenvalue weighted by Crippen LogP contribution is 2.31. The van der Waals surface area contributed by atoms with Gasteiger partial charge in [-0.3, -0.25) is 9.69 Å². The second kappa shape index (κ2) is 7.80. The van der Waals surface area contributed by atoms with Crippen LogP contribution in [0, 0.1) is 5.92 Å². The van der Waals surface area contributed by atoms with Gasteiger partial charge in [-0.05, 0) is 57.0 Å². The van der Waals surface area contributed by atoms with Gasteiger partial charge in [-0.1, -0.05) is 22.9 Å². The van der Waals surface area contributed by atoms with E-state index in [0.717, 1.165) is 41.3 Å². The summed E-state index contributed by atoms with van der Waals surface area (Å²) in [6, 6.07) is 5.35. The van der Waals surface area contributed by atoms with Crippen molar-refractivity contribution in [2.75, 3.05) is 25.5 Å². The molecule has 1 fully saturated rings. The number of aromatic nitrogens is 1. The van der Waals surface area contributed by atoms with Gasteiger partial charge in [0.25, 0.3) is 0 Å². The molecule has 6 nitrogen and oxygen atoms in total. The highest BCUT2D eigenvalue weighted by atomic mass is 79.9. The summed E-state index contributed by atoms with van der Waals surface area (Å²) in [5.74, 6) is 0.0797. The minimum atomic E-state index is -0.507. The zero-order chi connectivity index (χ0) is 18.8. The van der Waals surface area contributed by atoms with Crippen LogP contribution in [0.3, 0.4) is 0 Å². The van der Waals surface area contributed by atoms with Gasteiger partial charge in [-0.2, -0.15) is 0 Å². The van der Waals surface area contributed by atoms with Crippen LogP contribution in [0.1, 0.15) is 37.2 Å². The molecular weight excluding hydrogens is 398 g/mol. The molecule has 0 saturated carbocycles. The Morgan fingerprint density at radius 1 is 1.35 bits per heavy atom. The molecule has 2 heterocycles. The molecule has 0 spiro atoms. The molecule has 1 atom stereocenters. The average Bonchev–Trinajstić information content (AvgIpc) is 2.98. The molecule has 140 valence electrons. The number of likely N-dealkylation sites (tertiary alicyclic amines) is 1. The lowest BCUT2D eigenvalue weighted by Gasteiger charge is -2.34. The Morgan fingerprint density at radius 2 is 2.04 bits per heavy atom. The van der Waals surface area contributed by atoms with Gasteiger partial charge in [0, 0.05) is 15.4 Å². The first kappa shape index (κ1) is 18.9. The smallest absolute Gasteiger partial charge is 0.356 e. The number of nitrogens with zero attached hydrogens (tertiary/aromatic N) is 1. The van der Waals surface area contributed by atoms with E-state index in [0.29, 0.717) is 11.6 Å². The van der Waals surface area contributed by atoms with Gasteiger partial charge in [0.1, 0.15) is 5.69 Å². The summed E-state index contributed by atoms with van der Waals surface area (Å²) in [6.07, 6.45) is 2.20. The molecule has 0 unspecified atom stereocenters. The van der Waals surface area contributed by atoms with E-state index in [1.807, 2.05) is 25.1 Å². The van der Waals surface area contributed by atoms with Gasteiger partial charge in [0.2, 0.25) is 5.91 Å². The Balaban J connectivity index is 1.88. The molecule has 1 saturated heterocycles. The Bertz CT molecular complexity index is 825. The van der Waals surface area contributed by atoms with Crippen molar-refractivity contribution in [1.29, 1.82) is 0 Å². The summed E-state index contributed by atoms with van der Waals surface area (Å²) in [7, 11) is 1.33. The van der Waals surface area contributed by atoms with E-state index in [4.69, 9.17) is 4.74 Å². The van der Waals surface area contributed by atoms with Crippen LogP contribution in [0.2, 0.25) is 0 Å². The summed E-state index contributed by atoms with van der Waals surface area (Å²) in [6.45, 7) is 5.99. The number of ether oxygens (including phenoxy) is 1. The first-order valence-corrected chi connectivity index (χ1v) is 9.64. The number of nitrogens with one attached hydrogen (secondary N) is 2. The number of fused-ring (bicyclic) bond motifs is 1. The summed E-state index contributed by atoms with van der Waals surface area (Å²) in [4.78, 5) is 30.2. The first-order chi connectivity index (χ1) is 12.4. The number of methoxy groups -OCH3 is 1.